The van der Waals surface area contributed by atoms with Crippen molar-refractivity contribution in [3.63, 3.8) is 0 Å². The first kappa shape index (κ1) is 18.6. The second kappa shape index (κ2) is 8.09. The van der Waals surface area contributed by atoms with Gasteiger partial charge in [0.15, 0.2) is 5.78 Å². The zero-order valence-corrected chi connectivity index (χ0v) is 16.5. The second-order valence-corrected chi connectivity index (χ2v) is 7.41. The van der Waals surface area contributed by atoms with E-state index in [9.17, 15) is 10.1 Å². The van der Waals surface area contributed by atoms with Crippen molar-refractivity contribution in [3.05, 3.63) is 88.9 Å². The van der Waals surface area contributed by atoms with Gasteiger partial charge in [-0.25, -0.2) is 4.98 Å². The third kappa shape index (κ3) is 4.08. The van der Waals surface area contributed by atoms with E-state index in [0.29, 0.717) is 16.1 Å². The average molecular weight is 395 g/mol. The molecular weight excluding hydrogens is 378 g/mol. The highest BCUT2D eigenvalue weighted by Crippen LogP contribution is 2.28. The van der Waals surface area contributed by atoms with Crippen LogP contribution in [0.3, 0.4) is 0 Å². The van der Waals surface area contributed by atoms with E-state index in [1.54, 1.807) is 18.3 Å². The van der Waals surface area contributed by atoms with Crippen molar-refractivity contribution >= 4 is 39.2 Å². The summed E-state index contributed by atoms with van der Waals surface area (Å²) in [7, 11) is 0. The fourth-order valence-corrected chi connectivity index (χ4v) is 3.77. The van der Waals surface area contributed by atoms with E-state index in [1.165, 1.54) is 23.6 Å². The summed E-state index contributed by atoms with van der Waals surface area (Å²) in [6.07, 6.45) is 1.64. The fourth-order valence-electron chi connectivity index (χ4n) is 2.98. The van der Waals surface area contributed by atoms with Crippen molar-refractivity contribution in [2.75, 3.05) is 5.32 Å². The highest BCUT2D eigenvalue weighted by Gasteiger charge is 2.09. The molecule has 3 aromatic carbocycles. The molecule has 0 bridgehead atoms. The van der Waals surface area contributed by atoms with Crippen molar-refractivity contribution in [1.29, 1.82) is 5.26 Å². The van der Waals surface area contributed by atoms with Gasteiger partial charge in [-0.1, -0.05) is 36.4 Å². The third-order valence-corrected chi connectivity index (χ3v) is 5.45. The molecule has 0 spiro atoms. The summed E-state index contributed by atoms with van der Waals surface area (Å²) < 4.78 is 0. The average Bonchev–Trinajstić information content (AvgIpc) is 3.24. The SMILES string of the molecule is CC(=O)c1ccc(N/C=C(\C#N)c2nc(-c3ccc4ccccc4c3)cs2)cc1. The highest BCUT2D eigenvalue weighted by atomic mass is 32.1. The lowest BCUT2D eigenvalue weighted by Gasteiger charge is -2.03. The molecule has 0 aliphatic rings. The first-order valence-corrected chi connectivity index (χ1v) is 9.95. The summed E-state index contributed by atoms with van der Waals surface area (Å²) >= 11 is 1.44. The number of nitrogens with zero attached hydrogens (tertiary/aromatic N) is 2. The van der Waals surface area contributed by atoms with Crippen LogP contribution in [0.5, 0.6) is 0 Å². The topological polar surface area (TPSA) is 65.8 Å². The van der Waals surface area contributed by atoms with Gasteiger partial charge in [-0.3, -0.25) is 4.79 Å². The van der Waals surface area contributed by atoms with Gasteiger partial charge in [-0.15, -0.1) is 11.3 Å². The van der Waals surface area contributed by atoms with Gasteiger partial charge in [0.2, 0.25) is 0 Å². The largest absolute Gasteiger partial charge is 0.360 e. The van der Waals surface area contributed by atoms with Crippen LogP contribution in [0.2, 0.25) is 0 Å². The van der Waals surface area contributed by atoms with Gasteiger partial charge >= 0.3 is 0 Å². The van der Waals surface area contributed by atoms with Gasteiger partial charge in [0, 0.05) is 28.4 Å². The van der Waals surface area contributed by atoms with Crippen LogP contribution in [0, 0.1) is 11.3 Å². The van der Waals surface area contributed by atoms with Crippen LogP contribution in [0.4, 0.5) is 5.69 Å². The van der Waals surface area contributed by atoms with Crippen molar-refractivity contribution in [2.45, 2.75) is 6.92 Å². The number of hydrogen-bond acceptors (Lipinski definition) is 5. The van der Waals surface area contributed by atoms with Crippen molar-refractivity contribution < 1.29 is 4.79 Å². The van der Waals surface area contributed by atoms with Crippen LogP contribution in [0.15, 0.2) is 78.3 Å². The Morgan fingerprint density at radius 3 is 2.55 bits per heavy atom. The molecule has 140 valence electrons. The second-order valence-electron chi connectivity index (χ2n) is 6.55. The third-order valence-electron chi connectivity index (χ3n) is 4.57. The number of Topliss-reactive ketones (excluding diaryl/α,β-unsaturated/α-hetero) is 1. The minimum atomic E-state index is 0.0220. The number of rotatable bonds is 5. The minimum Gasteiger partial charge on any atom is -0.360 e. The van der Waals surface area contributed by atoms with Crippen LogP contribution in [-0.4, -0.2) is 10.8 Å². The van der Waals surface area contributed by atoms with Crippen LogP contribution in [-0.2, 0) is 0 Å². The van der Waals surface area contributed by atoms with Crippen LogP contribution in [0.1, 0.15) is 22.3 Å². The maximum absolute atomic E-state index is 11.4. The van der Waals surface area contributed by atoms with E-state index in [0.717, 1.165) is 22.3 Å². The monoisotopic (exact) mass is 395 g/mol. The van der Waals surface area contributed by atoms with Crippen LogP contribution in [0.25, 0.3) is 27.6 Å². The molecule has 0 saturated heterocycles. The van der Waals surface area contributed by atoms with E-state index >= 15 is 0 Å². The normalized spacial score (nSPS) is 11.2. The maximum Gasteiger partial charge on any atom is 0.159 e. The first-order chi connectivity index (χ1) is 14.1. The predicted molar refractivity (Wildman–Crippen MR) is 119 cm³/mol. The number of carbonyl (C=O) groups excluding carboxylic acids is 1. The number of thiazole rings is 1. The van der Waals surface area contributed by atoms with E-state index in [2.05, 4.69) is 40.6 Å². The van der Waals surface area contributed by atoms with E-state index in [1.807, 2.05) is 35.7 Å². The lowest BCUT2D eigenvalue weighted by atomic mass is 10.1. The molecule has 4 nitrogen and oxygen atoms in total. The Morgan fingerprint density at radius 1 is 1.07 bits per heavy atom. The van der Waals surface area contributed by atoms with Crippen LogP contribution >= 0.6 is 11.3 Å². The molecule has 0 atom stereocenters. The molecule has 0 fully saturated rings. The van der Waals surface area contributed by atoms with Crippen molar-refractivity contribution in [1.82, 2.24) is 4.98 Å². The lowest BCUT2D eigenvalue weighted by Crippen LogP contribution is -1.94. The molecule has 1 heterocycles. The molecule has 29 heavy (non-hydrogen) atoms. The Kier molecular flexibility index (Phi) is 5.19. The van der Waals surface area contributed by atoms with Crippen molar-refractivity contribution in [3.8, 4) is 17.3 Å². The number of carbonyl (C=O) groups is 1. The zero-order chi connectivity index (χ0) is 20.2. The molecule has 4 rings (SSSR count). The Labute approximate surface area is 172 Å². The van der Waals surface area contributed by atoms with Gasteiger partial charge in [-0.05, 0) is 48.0 Å². The molecule has 1 aromatic heterocycles. The number of allylic oxidation sites excluding steroid dienone is 1. The van der Waals surface area contributed by atoms with Gasteiger partial charge in [-0.2, -0.15) is 5.26 Å². The predicted octanol–water partition coefficient (Wildman–Crippen LogP) is 6.14. The number of aromatic nitrogens is 1. The van der Waals surface area contributed by atoms with E-state index < -0.39 is 0 Å². The zero-order valence-electron chi connectivity index (χ0n) is 15.7. The molecule has 0 aliphatic carbocycles. The standard InChI is InChI=1S/C24H17N3OS/c1-16(28)17-8-10-22(11-9-17)26-14-21(13-25)24-27-23(15-29-24)20-7-6-18-4-2-3-5-19(18)12-20/h2-12,14-15,26H,1H3/b21-14+. The quantitative estimate of drug-likeness (QED) is 0.325. The van der Waals surface area contributed by atoms with Gasteiger partial charge in [0.1, 0.15) is 16.6 Å². The number of anilines is 1. The van der Waals surface area contributed by atoms with Crippen LogP contribution < -0.4 is 5.32 Å². The van der Waals surface area contributed by atoms with Gasteiger partial charge in [0.05, 0.1) is 5.69 Å². The molecule has 4 aromatic rings. The molecule has 0 amide bonds. The van der Waals surface area contributed by atoms with Gasteiger partial charge < -0.3 is 5.32 Å². The molecule has 0 aliphatic heterocycles. The summed E-state index contributed by atoms with van der Waals surface area (Å²) in [6, 6.07) is 23.8. The minimum absolute atomic E-state index is 0.0220. The summed E-state index contributed by atoms with van der Waals surface area (Å²) in [5.74, 6) is 0.0220. The smallest absolute Gasteiger partial charge is 0.159 e. The number of nitrogens with one attached hydrogen (secondary N) is 1. The summed E-state index contributed by atoms with van der Waals surface area (Å²) in [6.45, 7) is 1.53. The summed E-state index contributed by atoms with van der Waals surface area (Å²) in [4.78, 5) is 16.0. The Balaban J connectivity index is 1.56. The molecular formula is C24H17N3OS. The number of nitriles is 1. The van der Waals surface area contributed by atoms with Crippen molar-refractivity contribution in [2.24, 2.45) is 0 Å². The van der Waals surface area contributed by atoms with E-state index in [-0.39, 0.29) is 5.78 Å². The molecule has 0 radical (unpaired) electrons. The lowest BCUT2D eigenvalue weighted by molar-refractivity contribution is 0.101. The number of ketones is 1. The number of fused-ring (bicyclic) bond motifs is 1. The molecule has 5 heteroatoms. The van der Waals surface area contributed by atoms with Gasteiger partial charge in [0.25, 0.3) is 0 Å². The Morgan fingerprint density at radius 2 is 1.83 bits per heavy atom. The summed E-state index contributed by atoms with van der Waals surface area (Å²) in [5.41, 5.74) is 3.78. The first-order valence-electron chi connectivity index (χ1n) is 9.07. The number of hydrogen-bond donors (Lipinski definition) is 1. The highest BCUT2D eigenvalue weighted by molar-refractivity contribution is 7.11. The number of benzene rings is 3. The fraction of sp³-hybridized carbons (Fsp3) is 0.0417. The maximum atomic E-state index is 11.4. The molecule has 0 saturated carbocycles. The Hall–Kier alpha value is -3.75. The Bertz CT molecular complexity index is 1260. The summed E-state index contributed by atoms with van der Waals surface area (Å²) in [5, 5.41) is 17.6. The molecule has 0 unspecified atom stereocenters. The van der Waals surface area contributed by atoms with E-state index in [4.69, 9.17) is 0 Å². The molecule has 1 N–H and O–H groups in total.